The number of Topliss-reactive ketones (excluding diaryl/α,β-unsaturated/α-hetero) is 1. The number of likely N-dealkylation sites (N-methyl/N-ethyl adjacent to an activating group) is 2. The molecule has 0 radical (unpaired) electrons. The van der Waals surface area contributed by atoms with Crippen molar-refractivity contribution in [2.24, 2.45) is 5.73 Å². The fourth-order valence-electron chi connectivity index (χ4n) is 4.19. The molecule has 7 N–H and O–H groups in total. The Bertz CT molecular complexity index is 821. The van der Waals surface area contributed by atoms with E-state index in [9.17, 15) is 24.9 Å². The van der Waals surface area contributed by atoms with Gasteiger partial charge in [-0.3, -0.25) is 14.6 Å². The Morgan fingerprint density at radius 1 is 1.18 bits per heavy atom. The van der Waals surface area contributed by atoms with Gasteiger partial charge in [-0.1, -0.05) is 0 Å². The Labute approximate surface area is 197 Å². The maximum absolute atomic E-state index is 12.2. The first-order chi connectivity index (χ1) is 15.1. The van der Waals surface area contributed by atoms with E-state index in [4.69, 9.17) is 19.9 Å². The molecular weight excluding hydrogens is 460 g/mol. The number of primary amides is 1. The number of amides is 1. The summed E-state index contributed by atoms with van der Waals surface area (Å²) in [5, 5.41) is 37.2. The summed E-state index contributed by atoms with van der Waals surface area (Å²) >= 11 is 0. The lowest BCUT2D eigenvalue weighted by Crippen LogP contribution is -2.77. The number of halogens is 1. The third-order valence-corrected chi connectivity index (χ3v) is 5.88. The largest absolute Gasteiger partial charge is 0.390 e. The zero-order valence-electron chi connectivity index (χ0n) is 18.5. The van der Waals surface area contributed by atoms with Crippen LogP contribution in [0.3, 0.4) is 0 Å². The third-order valence-electron chi connectivity index (χ3n) is 5.88. The lowest BCUT2D eigenvalue weighted by Gasteiger charge is -2.55. The molecule has 13 heteroatoms. The summed E-state index contributed by atoms with van der Waals surface area (Å²) in [6.07, 6.45) is -2.56. The van der Waals surface area contributed by atoms with Crippen LogP contribution in [-0.2, 0) is 19.0 Å². The Kier molecular flexibility index (Phi) is 9.27. The number of carbonyl (C=O) groups excluding carboxylic acids is 2. The molecule has 0 spiro atoms. The molecule has 2 aliphatic heterocycles. The van der Waals surface area contributed by atoms with Crippen molar-refractivity contribution >= 4 is 24.1 Å². The van der Waals surface area contributed by atoms with E-state index in [0.717, 1.165) is 0 Å². The van der Waals surface area contributed by atoms with Crippen LogP contribution in [0.2, 0.25) is 0 Å². The zero-order valence-corrected chi connectivity index (χ0v) is 19.3. The molecule has 186 valence electrons. The fourth-order valence-corrected chi connectivity index (χ4v) is 4.19. The highest BCUT2D eigenvalue weighted by molar-refractivity contribution is 5.92. The van der Waals surface area contributed by atoms with Crippen LogP contribution in [0.25, 0.3) is 0 Å². The molecule has 3 aliphatic rings. The molecule has 33 heavy (non-hydrogen) atoms. The van der Waals surface area contributed by atoms with Gasteiger partial charge >= 0.3 is 0 Å². The zero-order chi connectivity index (χ0) is 23.6. The molecule has 1 aromatic heterocycles. The highest BCUT2D eigenvalue weighted by atomic mass is 35.5. The minimum absolute atomic E-state index is 0. The van der Waals surface area contributed by atoms with E-state index in [1.54, 1.807) is 39.3 Å². The summed E-state index contributed by atoms with van der Waals surface area (Å²) in [6, 6.07) is 1.99. The Balaban J connectivity index is 0.000000326. The van der Waals surface area contributed by atoms with E-state index in [1.807, 2.05) is 0 Å². The Morgan fingerprint density at radius 2 is 1.85 bits per heavy atom. The number of ether oxygens (including phenoxy) is 3. The number of ketones is 1. The van der Waals surface area contributed by atoms with Gasteiger partial charge in [-0.15, -0.1) is 12.4 Å². The lowest BCUT2D eigenvalue weighted by atomic mass is 9.80. The summed E-state index contributed by atoms with van der Waals surface area (Å²) in [5.41, 5.74) is 5.38. The van der Waals surface area contributed by atoms with Crippen LogP contribution in [0.5, 0.6) is 0 Å². The number of nitrogens with zero attached hydrogens (tertiary/aromatic N) is 1. The lowest BCUT2D eigenvalue weighted by molar-refractivity contribution is -0.420. The highest BCUT2D eigenvalue weighted by Gasteiger charge is 2.63. The summed E-state index contributed by atoms with van der Waals surface area (Å²) in [6.45, 7) is 1.70. The molecule has 3 heterocycles. The van der Waals surface area contributed by atoms with Crippen LogP contribution in [0.1, 0.15) is 23.7 Å². The van der Waals surface area contributed by atoms with Gasteiger partial charge in [-0.25, -0.2) is 0 Å². The van der Waals surface area contributed by atoms with E-state index in [-0.39, 0.29) is 18.8 Å². The average molecular weight is 491 g/mol. The van der Waals surface area contributed by atoms with Gasteiger partial charge in [0.1, 0.15) is 18.3 Å². The van der Waals surface area contributed by atoms with E-state index in [2.05, 4.69) is 15.6 Å². The van der Waals surface area contributed by atoms with E-state index >= 15 is 0 Å². The molecule has 1 amide bonds. The number of hydrogen-bond donors (Lipinski definition) is 6. The van der Waals surface area contributed by atoms with Crippen molar-refractivity contribution in [1.29, 1.82) is 0 Å². The summed E-state index contributed by atoms with van der Waals surface area (Å²) in [4.78, 5) is 26.3. The first-order valence-electron chi connectivity index (χ1n) is 10.3. The van der Waals surface area contributed by atoms with Crippen LogP contribution in [0, 0.1) is 0 Å². The van der Waals surface area contributed by atoms with E-state index in [1.165, 1.54) is 6.20 Å². The van der Waals surface area contributed by atoms with Gasteiger partial charge in [0.25, 0.3) is 5.79 Å². The predicted molar refractivity (Wildman–Crippen MR) is 116 cm³/mol. The molecule has 12 nitrogen and oxygen atoms in total. The van der Waals surface area contributed by atoms with Crippen molar-refractivity contribution in [3.63, 3.8) is 0 Å². The van der Waals surface area contributed by atoms with Gasteiger partial charge in [0.05, 0.1) is 29.9 Å². The molecule has 1 aromatic rings. The number of rotatable bonds is 3. The standard InChI is InChI=1S/C14H24N2O7.C6H6N2O.ClH/c1-5-4-6(17)14(20)13(21-5)22-12-10(19)7(15-2)9(18)8(16-3)11(12)23-14;7-6(9)5-2-1-3-8-4-5;/h5,7-13,15-16,18-20H,4H2,1-3H3;1-4H,(H2,7,9);1H/t5-,7-,8+,9+,10+,11-,12-,13+,14+;;/m1../s1. The number of aromatic nitrogens is 1. The average Bonchev–Trinajstić information content (AvgIpc) is 2.76. The summed E-state index contributed by atoms with van der Waals surface area (Å²) < 4.78 is 16.8. The number of carbonyl (C=O) groups is 2. The van der Waals surface area contributed by atoms with Gasteiger partial charge in [-0.2, -0.15) is 0 Å². The third kappa shape index (κ3) is 5.34. The quantitative estimate of drug-likeness (QED) is 0.267. The topological polar surface area (TPSA) is 185 Å². The number of fused-ring (bicyclic) bond motifs is 2. The molecule has 9 atom stereocenters. The van der Waals surface area contributed by atoms with Crippen molar-refractivity contribution in [2.75, 3.05) is 14.1 Å². The number of hydrogen-bond acceptors (Lipinski definition) is 11. The molecule has 0 bridgehead atoms. The summed E-state index contributed by atoms with van der Waals surface area (Å²) in [7, 11) is 3.24. The number of aliphatic hydroxyl groups is 3. The van der Waals surface area contributed by atoms with Gasteiger partial charge < -0.3 is 45.9 Å². The SMILES string of the molecule is CN[C@@H]1[C@H](O)[C@H](NC)[C@H]2O[C@@]3(O)C(=O)C[C@@H](C)O[C@H]3O[C@@H]2[C@H]1O.Cl.NC(=O)c1cccnc1. The number of pyridine rings is 1. The van der Waals surface area contributed by atoms with Crippen molar-refractivity contribution in [2.45, 2.75) is 68.0 Å². The predicted octanol–water partition coefficient (Wildman–Crippen LogP) is -2.32. The van der Waals surface area contributed by atoms with E-state index in [0.29, 0.717) is 5.56 Å². The minimum atomic E-state index is -2.23. The molecule has 0 aromatic carbocycles. The van der Waals surface area contributed by atoms with Crippen molar-refractivity contribution in [1.82, 2.24) is 15.6 Å². The van der Waals surface area contributed by atoms with Crippen molar-refractivity contribution < 1.29 is 39.1 Å². The normalized spacial score (nSPS) is 39.8. The van der Waals surface area contributed by atoms with Crippen LogP contribution < -0.4 is 16.4 Å². The second-order valence-electron chi connectivity index (χ2n) is 8.00. The molecule has 0 unspecified atom stereocenters. The fraction of sp³-hybridized carbons (Fsp3) is 0.650. The highest BCUT2D eigenvalue weighted by Crippen LogP contribution is 2.40. The monoisotopic (exact) mass is 490 g/mol. The second kappa shape index (κ2) is 11.1. The molecule has 1 aliphatic carbocycles. The van der Waals surface area contributed by atoms with Gasteiger partial charge in [-0.05, 0) is 33.2 Å². The molecule has 4 rings (SSSR count). The Hall–Kier alpha value is -1.74. The van der Waals surface area contributed by atoms with Crippen molar-refractivity contribution in [3.8, 4) is 0 Å². The maximum atomic E-state index is 12.2. The molecule has 2 saturated heterocycles. The van der Waals surface area contributed by atoms with Gasteiger partial charge in [0.2, 0.25) is 12.2 Å². The van der Waals surface area contributed by atoms with Crippen LogP contribution >= 0.6 is 12.4 Å². The van der Waals surface area contributed by atoms with Gasteiger partial charge in [0.15, 0.2) is 5.78 Å². The number of nitrogens with one attached hydrogen (secondary N) is 2. The van der Waals surface area contributed by atoms with E-state index < -0.39 is 66.4 Å². The molecular formula is C20H31ClN4O8. The Morgan fingerprint density at radius 3 is 2.36 bits per heavy atom. The van der Waals surface area contributed by atoms with Crippen molar-refractivity contribution in [3.05, 3.63) is 30.1 Å². The first-order valence-corrected chi connectivity index (χ1v) is 10.3. The second-order valence-corrected chi connectivity index (χ2v) is 8.00. The molecule has 1 saturated carbocycles. The van der Waals surface area contributed by atoms with Gasteiger partial charge in [0, 0.05) is 18.8 Å². The smallest absolute Gasteiger partial charge is 0.280 e. The number of aliphatic hydroxyl groups excluding tert-OH is 2. The summed E-state index contributed by atoms with van der Waals surface area (Å²) in [5.74, 6) is -3.20. The minimum Gasteiger partial charge on any atom is -0.390 e. The van der Waals surface area contributed by atoms with Crippen LogP contribution in [0.4, 0.5) is 0 Å². The number of nitrogens with two attached hydrogens (primary N) is 1. The molecule has 3 fully saturated rings. The first kappa shape index (κ1) is 27.5. The maximum Gasteiger partial charge on any atom is 0.280 e. The van der Waals surface area contributed by atoms with Crippen LogP contribution in [0.15, 0.2) is 24.5 Å². The van der Waals surface area contributed by atoms with Crippen LogP contribution in [-0.4, -0.2) is 101 Å².